The van der Waals surface area contributed by atoms with Gasteiger partial charge in [-0.25, -0.2) is 0 Å². The molecule has 1 aromatic heterocycles. The quantitative estimate of drug-likeness (QED) is 0.828. The third-order valence-corrected chi connectivity index (χ3v) is 4.27. The zero-order valence-corrected chi connectivity index (χ0v) is 15.8. The van der Waals surface area contributed by atoms with E-state index in [0.717, 1.165) is 19.6 Å². The number of hydrogen-bond acceptors (Lipinski definition) is 5. The second-order valence-corrected chi connectivity index (χ2v) is 7.37. The molecule has 2 rings (SSSR count). The topological polar surface area (TPSA) is 79.7 Å². The number of rotatable bonds is 5. The van der Waals surface area contributed by atoms with Gasteiger partial charge in [0.1, 0.15) is 5.56 Å². The Morgan fingerprint density at radius 1 is 1.24 bits per heavy atom. The summed E-state index contributed by atoms with van der Waals surface area (Å²) in [7, 11) is 3.28. The maximum absolute atomic E-state index is 12.6. The first-order valence-corrected chi connectivity index (χ1v) is 8.60. The highest BCUT2D eigenvalue weighted by molar-refractivity contribution is 5.96. The van der Waals surface area contributed by atoms with Gasteiger partial charge in [-0.15, -0.1) is 5.10 Å². The molecule has 1 aromatic rings. The van der Waals surface area contributed by atoms with Crippen molar-refractivity contribution < 1.29 is 14.3 Å². The van der Waals surface area contributed by atoms with Crippen LogP contribution in [0.5, 0.6) is 5.88 Å². The third-order valence-electron chi connectivity index (χ3n) is 4.27. The number of ether oxygens (including phenoxy) is 1. The SMILES string of the molecule is COc1nn(C)cc1C(=O)N1CCN(CCNC(=O)C(C)(C)C)CC1. The van der Waals surface area contributed by atoms with Crippen molar-refractivity contribution in [1.82, 2.24) is 24.9 Å². The third kappa shape index (κ3) is 4.94. The van der Waals surface area contributed by atoms with E-state index in [2.05, 4.69) is 15.3 Å². The molecule has 0 unspecified atom stereocenters. The van der Waals surface area contributed by atoms with Crippen LogP contribution >= 0.6 is 0 Å². The number of nitrogens with one attached hydrogen (secondary N) is 1. The summed E-state index contributed by atoms with van der Waals surface area (Å²) >= 11 is 0. The molecule has 0 atom stereocenters. The number of hydrogen-bond donors (Lipinski definition) is 1. The van der Waals surface area contributed by atoms with Crippen molar-refractivity contribution in [2.75, 3.05) is 46.4 Å². The predicted molar refractivity (Wildman–Crippen MR) is 94.6 cm³/mol. The Hall–Kier alpha value is -2.09. The van der Waals surface area contributed by atoms with Crippen LogP contribution in [0.4, 0.5) is 0 Å². The maximum atomic E-state index is 12.6. The molecule has 1 saturated heterocycles. The zero-order valence-electron chi connectivity index (χ0n) is 15.8. The van der Waals surface area contributed by atoms with Crippen molar-refractivity contribution in [1.29, 1.82) is 0 Å². The molecule has 0 aliphatic carbocycles. The first kappa shape index (κ1) is 19.2. The molecule has 8 heteroatoms. The largest absolute Gasteiger partial charge is 0.479 e. The normalized spacial score (nSPS) is 16.0. The summed E-state index contributed by atoms with van der Waals surface area (Å²) in [5.41, 5.74) is 0.129. The van der Waals surface area contributed by atoms with Crippen LogP contribution in [0.3, 0.4) is 0 Å². The van der Waals surface area contributed by atoms with Gasteiger partial charge in [0.25, 0.3) is 5.91 Å². The van der Waals surface area contributed by atoms with Crippen LogP contribution in [0.1, 0.15) is 31.1 Å². The molecule has 2 amide bonds. The summed E-state index contributed by atoms with van der Waals surface area (Å²) < 4.78 is 6.76. The van der Waals surface area contributed by atoms with E-state index in [0.29, 0.717) is 31.1 Å². The molecule has 1 aliphatic heterocycles. The van der Waals surface area contributed by atoms with Gasteiger partial charge in [-0.3, -0.25) is 19.2 Å². The van der Waals surface area contributed by atoms with E-state index >= 15 is 0 Å². The first-order chi connectivity index (χ1) is 11.7. The molecule has 8 nitrogen and oxygen atoms in total. The van der Waals surface area contributed by atoms with Crippen molar-refractivity contribution in [3.63, 3.8) is 0 Å². The van der Waals surface area contributed by atoms with E-state index in [1.807, 2.05) is 25.7 Å². The number of carbonyl (C=O) groups is 2. The number of methoxy groups -OCH3 is 1. The summed E-state index contributed by atoms with van der Waals surface area (Å²) in [4.78, 5) is 28.6. The minimum absolute atomic E-state index is 0.0503. The number of amides is 2. The fraction of sp³-hybridized carbons (Fsp3) is 0.706. The lowest BCUT2D eigenvalue weighted by Gasteiger charge is -2.34. The number of carbonyl (C=O) groups excluding carboxylic acids is 2. The first-order valence-electron chi connectivity index (χ1n) is 8.60. The van der Waals surface area contributed by atoms with Crippen LogP contribution in [0.2, 0.25) is 0 Å². The van der Waals surface area contributed by atoms with Gasteiger partial charge in [0.2, 0.25) is 11.8 Å². The van der Waals surface area contributed by atoms with Gasteiger partial charge in [0.05, 0.1) is 7.11 Å². The molecule has 0 saturated carbocycles. The standard InChI is InChI=1S/C17H29N5O3/c1-17(2,3)16(24)18-6-7-21-8-10-22(11-9-21)15(23)13-12-20(4)19-14(13)25-5/h12H,6-11H2,1-5H3,(H,18,24). The van der Waals surface area contributed by atoms with Crippen LogP contribution < -0.4 is 10.1 Å². The predicted octanol–water partition coefficient (Wildman–Crippen LogP) is 0.349. The smallest absolute Gasteiger partial charge is 0.261 e. The van der Waals surface area contributed by atoms with Crippen molar-refractivity contribution in [3.05, 3.63) is 11.8 Å². The number of aryl methyl sites for hydroxylation is 1. The fourth-order valence-corrected chi connectivity index (χ4v) is 2.70. The number of piperazine rings is 1. The lowest BCUT2D eigenvalue weighted by atomic mass is 9.96. The van der Waals surface area contributed by atoms with E-state index < -0.39 is 0 Å². The summed E-state index contributed by atoms with van der Waals surface area (Å²) in [5.74, 6) is 0.371. The molecule has 0 aromatic carbocycles. The van der Waals surface area contributed by atoms with Gasteiger partial charge in [-0.2, -0.15) is 0 Å². The van der Waals surface area contributed by atoms with E-state index in [4.69, 9.17) is 4.74 Å². The molecule has 0 bridgehead atoms. The van der Waals surface area contributed by atoms with Gasteiger partial charge in [0.15, 0.2) is 0 Å². The van der Waals surface area contributed by atoms with Crippen LogP contribution in [-0.2, 0) is 11.8 Å². The fourth-order valence-electron chi connectivity index (χ4n) is 2.70. The lowest BCUT2D eigenvalue weighted by Crippen LogP contribution is -2.50. The summed E-state index contributed by atoms with van der Waals surface area (Å²) in [5, 5.41) is 7.09. The number of aromatic nitrogens is 2. The molecular formula is C17H29N5O3. The van der Waals surface area contributed by atoms with E-state index in [9.17, 15) is 9.59 Å². The molecular weight excluding hydrogens is 322 g/mol. The minimum Gasteiger partial charge on any atom is -0.479 e. The van der Waals surface area contributed by atoms with Crippen LogP contribution in [0.15, 0.2) is 6.20 Å². The summed E-state index contributed by atoms with van der Waals surface area (Å²) in [6.45, 7) is 10.0. The van der Waals surface area contributed by atoms with Crippen LogP contribution in [-0.4, -0.2) is 77.8 Å². The second-order valence-electron chi connectivity index (χ2n) is 7.37. The van der Waals surface area contributed by atoms with Gasteiger partial charge < -0.3 is 15.0 Å². The average Bonchev–Trinajstić information content (AvgIpc) is 2.95. The highest BCUT2D eigenvalue weighted by Gasteiger charge is 2.26. The van der Waals surface area contributed by atoms with E-state index in [-0.39, 0.29) is 17.2 Å². The maximum Gasteiger partial charge on any atom is 0.261 e. The average molecular weight is 351 g/mol. The highest BCUT2D eigenvalue weighted by atomic mass is 16.5. The van der Waals surface area contributed by atoms with Gasteiger partial charge >= 0.3 is 0 Å². The van der Waals surface area contributed by atoms with Gasteiger partial charge in [0, 0.05) is 57.9 Å². The van der Waals surface area contributed by atoms with Crippen molar-refractivity contribution in [2.45, 2.75) is 20.8 Å². The van der Waals surface area contributed by atoms with E-state index in [1.165, 1.54) is 7.11 Å². The Morgan fingerprint density at radius 2 is 1.88 bits per heavy atom. The van der Waals surface area contributed by atoms with Crippen LogP contribution in [0, 0.1) is 5.41 Å². The minimum atomic E-state index is -0.367. The molecule has 140 valence electrons. The van der Waals surface area contributed by atoms with Crippen molar-refractivity contribution >= 4 is 11.8 Å². The summed E-state index contributed by atoms with van der Waals surface area (Å²) in [6.07, 6.45) is 1.69. The Bertz CT molecular complexity index is 612. The molecule has 2 heterocycles. The van der Waals surface area contributed by atoms with Gasteiger partial charge in [-0.05, 0) is 0 Å². The Kier molecular flexibility index (Phi) is 6.05. The molecule has 1 aliphatic rings. The monoisotopic (exact) mass is 351 g/mol. The molecule has 0 spiro atoms. The Morgan fingerprint density at radius 3 is 2.44 bits per heavy atom. The Labute approximate surface area is 149 Å². The van der Waals surface area contributed by atoms with Crippen molar-refractivity contribution in [2.24, 2.45) is 12.5 Å². The van der Waals surface area contributed by atoms with Crippen LogP contribution in [0.25, 0.3) is 0 Å². The highest BCUT2D eigenvalue weighted by Crippen LogP contribution is 2.18. The second kappa shape index (κ2) is 7.86. The van der Waals surface area contributed by atoms with Gasteiger partial charge in [-0.1, -0.05) is 20.8 Å². The molecule has 0 radical (unpaired) electrons. The van der Waals surface area contributed by atoms with Crippen molar-refractivity contribution in [3.8, 4) is 5.88 Å². The molecule has 1 fully saturated rings. The lowest BCUT2D eigenvalue weighted by molar-refractivity contribution is -0.128. The Balaban J connectivity index is 1.79. The number of nitrogens with zero attached hydrogens (tertiary/aromatic N) is 4. The molecule has 1 N–H and O–H groups in total. The van der Waals surface area contributed by atoms with E-state index in [1.54, 1.807) is 17.9 Å². The summed E-state index contributed by atoms with van der Waals surface area (Å²) in [6, 6.07) is 0. The zero-order chi connectivity index (χ0) is 18.6. The molecule has 25 heavy (non-hydrogen) atoms.